The Balaban J connectivity index is 2.61. The molecule has 0 heterocycles. The SMILES string of the molecule is CNCCCC(C)Oc1cc(Br)cc(F)c1F. The lowest BCUT2D eigenvalue weighted by molar-refractivity contribution is 0.196. The highest BCUT2D eigenvalue weighted by Crippen LogP contribution is 2.26. The quantitative estimate of drug-likeness (QED) is 0.641. The zero-order chi connectivity index (χ0) is 12.8. The maximum absolute atomic E-state index is 13.4. The third-order valence-electron chi connectivity index (χ3n) is 2.33. The summed E-state index contributed by atoms with van der Waals surface area (Å²) in [6.07, 6.45) is 1.57. The summed E-state index contributed by atoms with van der Waals surface area (Å²) in [6.45, 7) is 2.72. The monoisotopic (exact) mass is 307 g/mol. The Morgan fingerprint density at radius 3 is 2.76 bits per heavy atom. The highest BCUT2D eigenvalue weighted by Gasteiger charge is 2.13. The average molecular weight is 308 g/mol. The molecule has 0 aliphatic rings. The van der Waals surface area contributed by atoms with Gasteiger partial charge in [-0.1, -0.05) is 15.9 Å². The summed E-state index contributed by atoms with van der Waals surface area (Å²) in [6, 6.07) is 2.51. The molecule has 1 aromatic rings. The Labute approximate surface area is 108 Å². The first-order valence-electron chi connectivity index (χ1n) is 5.50. The molecule has 0 saturated heterocycles. The molecule has 0 aliphatic heterocycles. The fraction of sp³-hybridized carbons (Fsp3) is 0.500. The van der Waals surface area contributed by atoms with Crippen LogP contribution in [0.4, 0.5) is 8.78 Å². The molecule has 0 saturated carbocycles. The first kappa shape index (κ1) is 14.4. The highest BCUT2D eigenvalue weighted by molar-refractivity contribution is 9.10. The predicted molar refractivity (Wildman–Crippen MR) is 67.3 cm³/mol. The van der Waals surface area contributed by atoms with Gasteiger partial charge in [-0.25, -0.2) is 4.39 Å². The van der Waals surface area contributed by atoms with Gasteiger partial charge in [0.15, 0.2) is 11.6 Å². The van der Waals surface area contributed by atoms with E-state index in [1.54, 1.807) is 0 Å². The molecular weight excluding hydrogens is 292 g/mol. The van der Waals surface area contributed by atoms with Crippen molar-refractivity contribution in [1.82, 2.24) is 5.32 Å². The third-order valence-corrected chi connectivity index (χ3v) is 2.78. The van der Waals surface area contributed by atoms with Crippen LogP contribution in [0.5, 0.6) is 5.75 Å². The zero-order valence-electron chi connectivity index (χ0n) is 9.90. The molecule has 96 valence electrons. The Kier molecular flexibility index (Phi) is 5.85. The van der Waals surface area contributed by atoms with Gasteiger partial charge in [0.25, 0.3) is 0 Å². The van der Waals surface area contributed by atoms with Crippen molar-refractivity contribution in [1.29, 1.82) is 0 Å². The minimum absolute atomic E-state index is 0.0474. The molecule has 0 spiro atoms. The van der Waals surface area contributed by atoms with E-state index in [9.17, 15) is 8.78 Å². The number of halogens is 3. The molecule has 1 atom stereocenters. The Bertz CT molecular complexity index is 374. The molecule has 1 N–H and O–H groups in total. The second kappa shape index (κ2) is 6.91. The molecule has 0 radical (unpaired) electrons. The van der Waals surface area contributed by atoms with Crippen molar-refractivity contribution in [3.63, 3.8) is 0 Å². The summed E-state index contributed by atoms with van der Waals surface area (Å²) >= 11 is 3.10. The van der Waals surface area contributed by atoms with Crippen LogP contribution < -0.4 is 10.1 Å². The van der Waals surface area contributed by atoms with Crippen molar-refractivity contribution in [2.45, 2.75) is 25.9 Å². The van der Waals surface area contributed by atoms with E-state index < -0.39 is 11.6 Å². The third kappa shape index (κ3) is 4.60. The van der Waals surface area contributed by atoms with Crippen molar-refractivity contribution in [3.05, 3.63) is 28.2 Å². The Morgan fingerprint density at radius 2 is 2.12 bits per heavy atom. The van der Waals surface area contributed by atoms with Crippen molar-refractivity contribution < 1.29 is 13.5 Å². The van der Waals surface area contributed by atoms with Crippen molar-refractivity contribution in [2.24, 2.45) is 0 Å². The predicted octanol–water partition coefficient (Wildman–Crippen LogP) is 3.49. The molecule has 0 amide bonds. The maximum Gasteiger partial charge on any atom is 0.200 e. The molecule has 0 fully saturated rings. The van der Waals surface area contributed by atoms with Gasteiger partial charge in [0, 0.05) is 4.47 Å². The summed E-state index contributed by atoms with van der Waals surface area (Å²) < 4.78 is 32.3. The number of benzene rings is 1. The minimum atomic E-state index is -0.936. The van der Waals surface area contributed by atoms with Crippen molar-refractivity contribution >= 4 is 15.9 Å². The second-order valence-corrected chi connectivity index (χ2v) is 4.79. The number of ether oxygens (including phenoxy) is 1. The summed E-state index contributed by atoms with van der Waals surface area (Å²) in [4.78, 5) is 0. The van der Waals surface area contributed by atoms with Crippen LogP contribution in [0.3, 0.4) is 0 Å². The minimum Gasteiger partial charge on any atom is -0.487 e. The van der Waals surface area contributed by atoms with Gasteiger partial charge >= 0.3 is 0 Å². The van der Waals surface area contributed by atoms with E-state index >= 15 is 0 Å². The van der Waals surface area contributed by atoms with E-state index in [2.05, 4.69) is 21.2 Å². The summed E-state index contributed by atoms with van der Waals surface area (Å²) in [5.74, 6) is -1.89. The molecule has 17 heavy (non-hydrogen) atoms. The fourth-order valence-electron chi connectivity index (χ4n) is 1.46. The van der Waals surface area contributed by atoms with Crippen LogP contribution in [-0.2, 0) is 0 Å². The van der Waals surface area contributed by atoms with Crippen LogP contribution in [0.1, 0.15) is 19.8 Å². The molecule has 0 bridgehead atoms. The lowest BCUT2D eigenvalue weighted by Gasteiger charge is -2.15. The van der Waals surface area contributed by atoms with Gasteiger partial charge in [-0.2, -0.15) is 4.39 Å². The van der Waals surface area contributed by atoms with Crippen LogP contribution in [-0.4, -0.2) is 19.7 Å². The maximum atomic E-state index is 13.4. The van der Waals surface area contributed by atoms with Gasteiger partial charge < -0.3 is 10.1 Å². The first-order valence-corrected chi connectivity index (χ1v) is 6.29. The van der Waals surface area contributed by atoms with E-state index in [4.69, 9.17) is 4.74 Å². The molecule has 1 unspecified atom stereocenters. The van der Waals surface area contributed by atoms with Gasteiger partial charge in [0.05, 0.1) is 6.10 Å². The van der Waals surface area contributed by atoms with Gasteiger partial charge in [-0.15, -0.1) is 0 Å². The average Bonchev–Trinajstić information content (AvgIpc) is 2.25. The standard InChI is InChI=1S/C12H16BrF2NO/c1-8(4-3-5-16-2)17-11-7-9(13)6-10(14)12(11)15/h6-8,16H,3-5H2,1-2H3. The summed E-state index contributed by atoms with van der Waals surface area (Å²) in [7, 11) is 1.87. The molecule has 0 aliphatic carbocycles. The number of hydrogen-bond acceptors (Lipinski definition) is 2. The van der Waals surface area contributed by atoms with Crippen molar-refractivity contribution in [3.8, 4) is 5.75 Å². The van der Waals surface area contributed by atoms with E-state index in [1.807, 2.05) is 14.0 Å². The second-order valence-electron chi connectivity index (χ2n) is 3.87. The molecule has 0 aromatic heterocycles. The van der Waals surface area contributed by atoms with E-state index in [-0.39, 0.29) is 11.9 Å². The normalized spacial score (nSPS) is 12.5. The molecular formula is C12H16BrF2NO. The Morgan fingerprint density at radius 1 is 1.41 bits per heavy atom. The number of hydrogen-bond donors (Lipinski definition) is 1. The van der Waals surface area contributed by atoms with Crippen LogP contribution in [0.2, 0.25) is 0 Å². The lowest BCUT2D eigenvalue weighted by Crippen LogP contribution is -2.16. The van der Waals surface area contributed by atoms with Gasteiger partial charge in [0.2, 0.25) is 5.82 Å². The van der Waals surface area contributed by atoms with E-state index in [0.717, 1.165) is 25.5 Å². The van der Waals surface area contributed by atoms with E-state index in [1.165, 1.54) is 6.07 Å². The molecule has 5 heteroatoms. The Hall–Kier alpha value is -0.680. The number of rotatable bonds is 6. The van der Waals surface area contributed by atoms with Gasteiger partial charge in [-0.3, -0.25) is 0 Å². The smallest absolute Gasteiger partial charge is 0.200 e. The van der Waals surface area contributed by atoms with Crippen LogP contribution in [0, 0.1) is 11.6 Å². The summed E-state index contributed by atoms with van der Waals surface area (Å²) in [5, 5.41) is 3.02. The number of nitrogens with one attached hydrogen (secondary N) is 1. The molecule has 2 nitrogen and oxygen atoms in total. The molecule has 1 aromatic carbocycles. The summed E-state index contributed by atoms with van der Waals surface area (Å²) in [5.41, 5.74) is 0. The zero-order valence-corrected chi connectivity index (χ0v) is 11.5. The van der Waals surface area contributed by atoms with Gasteiger partial charge in [0.1, 0.15) is 0 Å². The van der Waals surface area contributed by atoms with E-state index in [0.29, 0.717) is 4.47 Å². The van der Waals surface area contributed by atoms with Crippen LogP contribution in [0.25, 0.3) is 0 Å². The largest absolute Gasteiger partial charge is 0.487 e. The lowest BCUT2D eigenvalue weighted by atomic mass is 10.2. The molecule has 1 rings (SSSR count). The van der Waals surface area contributed by atoms with Crippen LogP contribution >= 0.6 is 15.9 Å². The highest BCUT2D eigenvalue weighted by atomic mass is 79.9. The first-order chi connectivity index (χ1) is 8.04. The van der Waals surface area contributed by atoms with Gasteiger partial charge in [-0.05, 0) is 45.5 Å². The van der Waals surface area contributed by atoms with Crippen LogP contribution in [0.15, 0.2) is 16.6 Å². The van der Waals surface area contributed by atoms with Crippen molar-refractivity contribution in [2.75, 3.05) is 13.6 Å². The topological polar surface area (TPSA) is 21.3 Å². The fourth-order valence-corrected chi connectivity index (χ4v) is 1.87.